The topological polar surface area (TPSA) is 43.2 Å². The monoisotopic (exact) mass is 522 g/mol. The van der Waals surface area contributed by atoms with Gasteiger partial charge in [0.25, 0.3) is 0 Å². The Balaban J connectivity index is 2.03. The van der Waals surface area contributed by atoms with Gasteiger partial charge in [-0.2, -0.15) is 8.78 Å². The lowest BCUT2D eigenvalue weighted by molar-refractivity contribution is -0.0498. The van der Waals surface area contributed by atoms with Crippen molar-refractivity contribution >= 4 is 30.5 Å². The number of pyridine rings is 1. The smallest absolute Gasteiger partial charge is 0.387 e. The largest absolute Gasteiger partial charge is 0.433 e. The van der Waals surface area contributed by atoms with E-state index in [0.29, 0.717) is 11.3 Å². The number of rotatable bonds is 10. The summed E-state index contributed by atoms with van der Waals surface area (Å²) in [6.07, 6.45) is 4.35. The van der Waals surface area contributed by atoms with E-state index in [1.54, 1.807) is 18.2 Å². The summed E-state index contributed by atoms with van der Waals surface area (Å²) < 4.78 is 34.0. The zero-order valence-electron chi connectivity index (χ0n) is 21.9. The average Bonchev–Trinajstić information content (AvgIpc) is 3.26. The molecule has 5 nitrogen and oxygen atoms in total. The molecule has 0 saturated carbocycles. The van der Waals surface area contributed by atoms with Crippen LogP contribution in [0.1, 0.15) is 37.7 Å². The van der Waals surface area contributed by atoms with E-state index in [9.17, 15) is 8.78 Å². The highest BCUT2D eigenvalue weighted by molar-refractivity contribution is 7.63. The van der Waals surface area contributed by atoms with Crippen molar-refractivity contribution in [3.05, 3.63) is 72.7 Å². The minimum absolute atomic E-state index is 0.0348. The Morgan fingerprint density at radius 2 is 1.86 bits per heavy atom. The molecule has 2 aromatic carbocycles. The highest BCUT2D eigenvalue weighted by Gasteiger charge is 2.26. The second-order valence-corrected chi connectivity index (χ2v) is 11.3. The van der Waals surface area contributed by atoms with Gasteiger partial charge in [-0.3, -0.25) is 14.5 Å². The highest BCUT2D eigenvalue weighted by atomic mass is 31.1. The summed E-state index contributed by atoms with van der Waals surface area (Å²) in [5.74, 6) is 0.848. The van der Waals surface area contributed by atoms with Gasteiger partial charge in [0.2, 0.25) is 0 Å². The maximum atomic E-state index is 13.5. The van der Waals surface area contributed by atoms with Crippen LogP contribution in [0, 0.1) is 0 Å². The van der Waals surface area contributed by atoms with E-state index in [2.05, 4.69) is 55.8 Å². The van der Waals surface area contributed by atoms with E-state index < -0.39 is 6.61 Å². The van der Waals surface area contributed by atoms with Gasteiger partial charge in [0, 0.05) is 17.3 Å². The molecule has 0 aliphatic rings. The normalized spacial score (nSPS) is 12.6. The number of fused-ring (bicyclic) bond motifs is 1. The zero-order valence-corrected chi connectivity index (χ0v) is 22.8. The van der Waals surface area contributed by atoms with Crippen LogP contribution in [0.2, 0.25) is 0 Å². The molecule has 8 heteroatoms. The van der Waals surface area contributed by atoms with E-state index in [1.165, 1.54) is 0 Å². The molecule has 4 aromatic rings. The first-order valence-electron chi connectivity index (χ1n) is 12.4. The number of para-hydroxylation sites is 1. The quantitative estimate of drug-likeness (QED) is 0.208. The summed E-state index contributed by atoms with van der Waals surface area (Å²) in [6, 6.07) is 15.3. The third-order valence-corrected chi connectivity index (χ3v) is 7.81. The molecule has 194 valence electrons. The van der Waals surface area contributed by atoms with Crippen LogP contribution in [0.5, 0.6) is 5.75 Å². The van der Waals surface area contributed by atoms with Crippen molar-refractivity contribution in [2.45, 2.75) is 32.9 Å². The lowest BCUT2D eigenvalue weighted by atomic mass is 10.1. The second kappa shape index (κ2) is 11.5. The Kier molecular flexibility index (Phi) is 8.35. The minimum atomic E-state index is -2.96. The van der Waals surface area contributed by atoms with Crippen LogP contribution in [0.25, 0.3) is 33.9 Å². The fourth-order valence-corrected chi connectivity index (χ4v) is 5.26. The lowest BCUT2D eigenvalue weighted by Gasteiger charge is -2.27. The highest BCUT2D eigenvalue weighted by Crippen LogP contribution is 2.38. The molecule has 1 atom stereocenters. The molecule has 0 amide bonds. The van der Waals surface area contributed by atoms with Gasteiger partial charge in [-0.1, -0.05) is 58.7 Å². The molecule has 0 bridgehead atoms. The molecule has 1 unspecified atom stereocenters. The van der Waals surface area contributed by atoms with Crippen LogP contribution < -0.4 is 10.2 Å². The van der Waals surface area contributed by atoms with Crippen LogP contribution in [-0.4, -0.2) is 53.0 Å². The van der Waals surface area contributed by atoms with E-state index >= 15 is 0 Å². The number of benzene rings is 2. The number of hydrogen-bond acceptors (Lipinski definition) is 4. The SMILES string of the molecule is C=Cc1cccc(OC(F)F)c1-n1c(C(CC)N(C)CC)nc2ccc(-c3ccc(P(C)C)nc3)cc21. The van der Waals surface area contributed by atoms with Crippen LogP contribution in [-0.2, 0) is 0 Å². The molecule has 4 rings (SSSR count). The summed E-state index contributed by atoms with van der Waals surface area (Å²) in [5, 5.41) is 0. The first kappa shape index (κ1) is 26.9. The van der Waals surface area contributed by atoms with E-state index in [1.807, 2.05) is 42.1 Å². The van der Waals surface area contributed by atoms with Gasteiger partial charge in [0.1, 0.15) is 5.82 Å². The average molecular weight is 523 g/mol. The number of hydrogen-bond donors (Lipinski definition) is 0. The minimum Gasteiger partial charge on any atom is -0.433 e. The van der Waals surface area contributed by atoms with E-state index in [0.717, 1.165) is 46.4 Å². The number of nitrogens with zero attached hydrogens (tertiary/aromatic N) is 4. The van der Waals surface area contributed by atoms with Crippen molar-refractivity contribution in [2.75, 3.05) is 26.9 Å². The van der Waals surface area contributed by atoms with Gasteiger partial charge in [-0.15, -0.1) is 0 Å². The molecule has 37 heavy (non-hydrogen) atoms. The van der Waals surface area contributed by atoms with E-state index in [4.69, 9.17) is 9.72 Å². The molecule has 0 aliphatic heterocycles. The molecule has 0 radical (unpaired) electrons. The van der Waals surface area contributed by atoms with Gasteiger partial charge >= 0.3 is 6.61 Å². The van der Waals surface area contributed by atoms with Crippen molar-refractivity contribution < 1.29 is 13.5 Å². The molecule has 0 aliphatic carbocycles. The van der Waals surface area contributed by atoms with Gasteiger partial charge in [-0.25, -0.2) is 4.98 Å². The summed E-state index contributed by atoms with van der Waals surface area (Å²) in [7, 11) is 1.76. The van der Waals surface area contributed by atoms with Crippen molar-refractivity contribution in [2.24, 2.45) is 0 Å². The van der Waals surface area contributed by atoms with Gasteiger partial charge < -0.3 is 4.74 Å². The van der Waals surface area contributed by atoms with Gasteiger partial charge in [0.05, 0.1) is 28.2 Å². The predicted octanol–water partition coefficient (Wildman–Crippen LogP) is 7.10. The molecule has 2 aromatic heterocycles. The fraction of sp³-hybridized carbons (Fsp3) is 0.310. The number of ether oxygens (including phenoxy) is 1. The summed E-state index contributed by atoms with van der Waals surface area (Å²) >= 11 is 0. The standard InChI is InChI=1S/C29H33F2N4OP/c1-7-19-11-10-12-25(36-29(30)31)27(19)35-24-17-20(21-14-16-26(32-18-21)37(5)6)13-15-22(24)33-28(35)23(8-2)34(4)9-3/h7,10-18,23,29H,1,8-9H2,2-6H3. The van der Waals surface area contributed by atoms with E-state index in [-0.39, 0.29) is 19.7 Å². The van der Waals surface area contributed by atoms with Gasteiger partial charge in [0.15, 0.2) is 5.75 Å². The molecular weight excluding hydrogens is 489 g/mol. The maximum absolute atomic E-state index is 13.5. The molecule has 0 saturated heterocycles. The zero-order chi connectivity index (χ0) is 26.7. The Labute approximate surface area is 218 Å². The number of halogens is 2. The summed E-state index contributed by atoms with van der Waals surface area (Å²) in [6.45, 7) is 10.3. The molecule has 0 N–H and O–H groups in total. The third kappa shape index (κ3) is 5.43. The Morgan fingerprint density at radius 3 is 2.46 bits per heavy atom. The van der Waals surface area contributed by atoms with Crippen LogP contribution in [0.15, 0.2) is 61.3 Å². The fourth-order valence-electron chi connectivity index (χ4n) is 4.60. The number of imidazole rings is 1. The molecule has 2 heterocycles. The summed E-state index contributed by atoms with van der Waals surface area (Å²) in [4.78, 5) is 11.9. The van der Waals surface area contributed by atoms with Crippen molar-refractivity contribution in [3.8, 4) is 22.6 Å². The van der Waals surface area contributed by atoms with Crippen LogP contribution >= 0.6 is 7.92 Å². The van der Waals surface area contributed by atoms with Crippen molar-refractivity contribution in [1.29, 1.82) is 0 Å². The summed E-state index contributed by atoms with van der Waals surface area (Å²) in [5.41, 5.74) is 5.82. The molecule has 0 spiro atoms. The van der Waals surface area contributed by atoms with Crippen LogP contribution in [0.4, 0.5) is 8.78 Å². The van der Waals surface area contributed by atoms with Crippen molar-refractivity contribution in [1.82, 2.24) is 19.4 Å². The Morgan fingerprint density at radius 1 is 1.11 bits per heavy atom. The first-order chi connectivity index (χ1) is 17.8. The molecule has 0 fully saturated rings. The van der Waals surface area contributed by atoms with Crippen molar-refractivity contribution in [3.63, 3.8) is 0 Å². The lowest BCUT2D eigenvalue weighted by Crippen LogP contribution is -2.26. The predicted molar refractivity (Wildman–Crippen MR) is 151 cm³/mol. The Bertz CT molecular complexity index is 1380. The Hall–Kier alpha value is -3.15. The van der Waals surface area contributed by atoms with Gasteiger partial charge in [-0.05, 0) is 63.2 Å². The molecular formula is C29H33F2N4OP. The second-order valence-electron chi connectivity index (χ2n) is 9.08. The first-order valence-corrected chi connectivity index (χ1v) is 14.6. The number of aromatic nitrogens is 3. The third-order valence-electron chi connectivity index (χ3n) is 6.63. The van der Waals surface area contributed by atoms with Crippen LogP contribution in [0.3, 0.4) is 0 Å². The number of alkyl halides is 2. The maximum Gasteiger partial charge on any atom is 0.387 e.